The average molecular weight is 478 g/mol. The molecule has 3 aromatic rings. The van der Waals surface area contributed by atoms with Crippen LogP contribution < -0.4 is 21.1 Å². The molecule has 4 rings (SSSR count). The fraction of sp³-hybridized carbons (Fsp3) is 0.318. The number of thiazole rings is 1. The molecule has 1 saturated carbocycles. The molecule has 1 atom stereocenters. The van der Waals surface area contributed by atoms with Gasteiger partial charge in [-0.3, -0.25) is 9.59 Å². The zero-order chi connectivity index (χ0) is 23.6. The molecule has 1 unspecified atom stereocenters. The SMILES string of the molecule is NC1(C(=O)NC(Cc2ccccc2)C(=O)Nc2nc3ccc(OC(F)(F)F)cc3s2)CCC1. The zero-order valence-electron chi connectivity index (χ0n) is 17.3. The third-order valence-electron chi connectivity index (χ3n) is 5.43. The van der Waals surface area contributed by atoms with E-state index in [1.807, 2.05) is 30.3 Å². The first-order valence-electron chi connectivity index (χ1n) is 10.2. The number of fused-ring (bicyclic) bond motifs is 1. The molecule has 1 aromatic heterocycles. The zero-order valence-corrected chi connectivity index (χ0v) is 18.1. The highest BCUT2D eigenvalue weighted by atomic mass is 32.1. The van der Waals surface area contributed by atoms with Crippen LogP contribution in [-0.4, -0.2) is 34.7 Å². The Labute approximate surface area is 191 Å². The smallest absolute Gasteiger partial charge is 0.406 e. The number of rotatable bonds is 7. The van der Waals surface area contributed by atoms with E-state index < -0.39 is 23.9 Å². The summed E-state index contributed by atoms with van der Waals surface area (Å²) in [6.07, 6.45) is -2.61. The molecule has 0 radical (unpaired) electrons. The molecule has 2 aromatic carbocycles. The Morgan fingerprint density at radius 3 is 2.55 bits per heavy atom. The van der Waals surface area contributed by atoms with Gasteiger partial charge < -0.3 is 21.1 Å². The highest BCUT2D eigenvalue weighted by Crippen LogP contribution is 2.32. The molecule has 33 heavy (non-hydrogen) atoms. The molecule has 1 aliphatic carbocycles. The molecule has 1 fully saturated rings. The van der Waals surface area contributed by atoms with Crippen molar-refractivity contribution in [2.45, 2.75) is 43.6 Å². The van der Waals surface area contributed by atoms with Crippen LogP contribution in [-0.2, 0) is 16.0 Å². The van der Waals surface area contributed by atoms with Gasteiger partial charge in [-0.25, -0.2) is 4.98 Å². The third-order valence-corrected chi connectivity index (χ3v) is 6.36. The Balaban J connectivity index is 1.51. The van der Waals surface area contributed by atoms with Gasteiger partial charge in [-0.05, 0) is 37.0 Å². The summed E-state index contributed by atoms with van der Waals surface area (Å²) >= 11 is 1.00. The molecule has 2 amide bonds. The van der Waals surface area contributed by atoms with E-state index in [-0.39, 0.29) is 23.2 Å². The molecule has 1 aliphatic rings. The summed E-state index contributed by atoms with van der Waals surface area (Å²) in [5, 5.41) is 5.61. The van der Waals surface area contributed by atoms with E-state index in [0.717, 1.165) is 29.4 Å². The van der Waals surface area contributed by atoms with E-state index >= 15 is 0 Å². The van der Waals surface area contributed by atoms with Gasteiger partial charge in [0.05, 0.1) is 15.8 Å². The Morgan fingerprint density at radius 2 is 1.91 bits per heavy atom. The van der Waals surface area contributed by atoms with Gasteiger partial charge in [-0.1, -0.05) is 41.7 Å². The number of ether oxygens (including phenoxy) is 1. The number of hydrogen-bond acceptors (Lipinski definition) is 6. The summed E-state index contributed by atoms with van der Waals surface area (Å²) in [6.45, 7) is 0. The van der Waals surface area contributed by atoms with Crippen molar-refractivity contribution in [2.75, 3.05) is 5.32 Å². The van der Waals surface area contributed by atoms with Gasteiger partial charge in [0, 0.05) is 12.5 Å². The van der Waals surface area contributed by atoms with Gasteiger partial charge in [0.15, 0.2) is 5.13 Å². The number of nitrogens with zero attached hydrogens (tertiary/aromatic N) is 1. The van der Waals surface area contributed by atoms with E-state index in [1.54, 1.807) is 0 Å². The van der Waals surface area contributed by atoms with E-state index in [0.29, 0.717) is 23.1 Å². The number of anilines is 1. The minimum absolute atomic E-state index is 0.192. The Morgan fingerprint density at radius 1 is 1.18 bits per heavy atom. The minimum atomic E-state index is -4.81. The van der Waals surface area contributed by atoms with Crippen molar-refractivity contribution in [3.63, 3.8) is 0 Å². The first-order valence-corrected chi connectivity index (χ1v) is 11.0. The van der Waals surface area contributed by atoms with E-state index in [1.165, 1.54) is 12.1 Å². The second kappa shape index (κ2) is 8.99. The molecule has 4 N–H and O–H groups in total. The maximum absolute atomic E-state index is 13.0. The molecule has 0 spiro atoms. The molecule has 0 bridgehead atoms. The van der Waals surface area contributed by atoms with Gasteiger partial charge in [-0.2, -0.15) is 0 Å². The van der Waals surface area contributed by atoms with Crippen LogP contribution >= 0.6 is 11.3 Å². The topological polar surface area (TPSA) is 106 Å². The highest BCUT2D eigenvalue weighted by molar-refractivity contribution is 7.22. The van der Waals surface area contributed by atoms with Crippen LogP contribution in [0.2, 0.25) is 0 Å². The van der Waals surface area contributed by atoms with Crippen molar-refractivity contribution in [3.8, 4) is 5.75 Å². The Kier molecular flexibility index (Phi) is 6.26. The summed E-state index contributed by atoms with van der Waals surface area (Å²) in [7, 11) is 0. The van der Waals surface area contributed by atoms with Crippen molar-refractivity contribution in [3.05, 3.63) is 54.1 Å². The number of aromatic nitrogens is 1. The third kappa shape index (κ3) is 5.60. The summed E-state index contributed by atoms with van der Waals surface area (Å²) in [5.41, 5.74) is 6.38. The average Bonchev–Trinajstić information content (AvgIpc) is 3.12. The molecule has 7 nitrogen and oxygen atoms in total. The lowest BCUT2D eigenvalue weighted by Gasteiger charge is -2.37. The number of carbonyl (C=O) groups is 2. The maximum Gasteiger partial charge on any atom is 0.573 e. The quantitative estimate of drug-likeness (QED) is 0.480. The number of carbonyl (C=O) groups excluding carboxylic acids is 2. The van der Waals surface area contributed by atoms with Crippen molar-refractivity contribution < 1.29 is 27.5 Å². The highest BCUT2D eigenvalue weighted by Gasteiger charge is 2.41. The molecule has 0 aliphatic heterocycles. The summed E-state index contributed by atoms with van der Waals surface area (Å²) in [6, 6.07) is 12.0. The summed E-state index contributed by atoms with van der Waals surface area (Å²) in [5.74, 6) is -1.26. The monoisotopic (exact) mass is 478 g/mol. The molecular weight excluding hydrogens is 457 g/mol. The number of amides is 2. The normalized spacial score (nSPS) is 16.0. The fourth-order valence-corrected chi connectivity index (χ4v) is 4.39. The first-order chi connectivity index (χ1) is 15.6. The molecular formula is C22H21F3N4O3S. The number of benzene rings is 2. The minimum Gasteiger partial charge on any atom is -0.406 e. The van der Waals surface area contributed by atoms with Crippen LogP contribution in [0.3, 0.4) is 0 Å². The lowest BCUT2D eigenvalue weighted by Crippen LogP contribution is -2.61. The van der Waals surface area contributed by atoms with Gasteiger partial charge in [0.1, 0.15) is 11.8 Å². The molecule has 11 heteroatoms. The summed E-state index contributed by atoms with van der Waals surface area (Å²) in [4.78, 5) is 30.0. The second-order valence-corrected chi connectivity index (χ2v) is 8.94. The molecule has 174 valence electrons. The Bertz CT molecular complexity index is 1160. The van der Waals surface area contributed by atoms with Crippen molar-refractivity contribution in [2.24, 2.45) is 5.73 Å². The maximum atomic E-state index is 13.0. The lowest BCUT2D eigenvalue weighted by molar-refractivity contribution is -0.274. The van der Waals surface area contributed by atoms with Crippen molar-refractivity contribution in [1.82, 2.24) is 10.3 Å². The van der Waals surface area contributed by atoms with Crippen LogP contribution in [0.25, 0.3) is 10.2 Å². The standard InChI is InChI=1S/C22H21F3N4O3S/c23-22(24,25)32-14-7-8-15-17(12-14)33-20(28-15)29-18(30)16(11-13-5-2-1-3-6-13)27-19(31)21(26)9-4-10-21/h1-3,5-8,12,16H,4,9-11,26H2,(H,27,31)(H,28,29,30). The molecule has 1 heterocycles. The number of nitrogens with two attached hydrogens (primary N) is 1. The van der Waals surface area contributed by atoms with Gasteiger partial charge >= 0.3 is 6.36 Å². The van der Waals surface area contributed by atoms with Crippen LogP contribution in [0, 0.1) is 0 Å². The first kappa shape index (κ1) is 23.0. The fourth-order valence-electron chi connectivity index (χ4n) is 3.49. The van der Waals surface area contributed by atoms with E-state index in [2.05, 4.69) is 20.4 Å². The van der Waals surface area contributed by atoms with Crippen molar-refractivity contribution in [1.29, 1.82) is 0 Å². The predicted octanol–water partition coefficient (Wildman–Crippen LogP) is 3.74. The summed E-state index contributed by atoms with van der Waals surface area (Å²) < 4.78 is 41.7. The van der Waals surface area contributed by atoms with Crippen LogP contribution in [0.4, 0.5) is 18.3 Å². The van der Waals surface area contributed by atoms with E-state index in [9.17, 15) is 22.8 Å². The second-order valence-electron chi connectivity index (χ2n) is 7.91. The van der Waals surface area contributed by atoms with Crippen molar-refractivity contribution >= 4 is 38.5 Å². The van der Waals surface area contributed by atoms with Crippen LogP contribution in [0.15, 0.2) is 48.5 Å². The Hall–Kier alpha value is -3.18. The number of nitrogens with one attached hydrogen (secondary N) is 2. The van der Waals surface area contributed by atoms with Gasteiger partial charge in [-0.15, -0.1) is 13.2 Å². The van der Waals surface area contributed by atoms with Gasteiger partial charge in [0.25, 0.3) is 0 Å². The molecule has 0 saturated heterocycles. The predicted molar refractivity (Wildman–Crippen MR) is 118 cm³/mol. The van der Waals surface area contributed by atoms with E-state index in [4.69, 9.17) is 5.73 Å². The largest absolute Gasteiger partial charge is 0.573 e. The van der Waals surface area contributed by atoms with Crippen LogP contribution in [0.1, 0.15) is 24.8 Å². The van der Waals surface area contributed by atoms with Gasteiger partial charge in [0.2, 0.25) is 11.8 Å². The lowest BCUT2D eigenvalue weighted by atomic mass is 9.77. The number of hydrogen-bond donors (Lipinski definition) is 3. The number of halogens is 3. The van der Waals surface area contributed by atoms with Crippen LogP contribution in [0.5, 0.6) is 5.75 Å². The number of alkyl halides is 3.